The summed E-state index contributed by atoms with van der Waals surface area (Å²) < 4.78 is 0. The van der Waals surface area contributed by atoms with Crippen molar-refractivity contribution in [2.75, 3.05) is 0 Å². The summed E-state index contributed by atoms with van der Waals surface area (Å²) in [7, 11) is 0. The minimum absolute atomic E-state index is 0.741. The Morgan fingerprint density at radius 2 is 1.73 bits per heavy atom. The minimum Gasteiger partial charge on any atom is -0.0654 e. The maximum absolute atomic E-state index is 2.50. The highest BCUT2D eigenvalue weighted by Crippen LogP contribution is 2.64. The lowest BCUT2D eigenvalue weighted by atomic mass is 9.83. The predicted molar refractivity (Wildman–Crippen MR) is 48.5 cm³/mol. The zero-order valence-corrected chi connectivity index (χ0v) is 7.95. The summed E-state index contributed by atoms with van der Waals surface area (Å²) in [5, 5.41) is 0. The van der Waals surface area contributed by atoms with Gasteiger partial charge in [0, 0.05) is 0 Å². The molecule has 0 aromatic carbocycles. The molecule has 0 aliphatic heterocycles. The second-order valence-corrected chi connectivity index (χ2v) is 5.24. The highest BCUT2D eigenvalue weighted by Gasteiger charge is 2.51. The van der Waals surface area contributed by atoms with Gasteiger partial charge in [-0.3, -0.25) is 0 Å². The Bertz CT molecular complexity index is 155. The van der Waals surface area contributed by atoms with Crippen molar-refractivity contribution in [3.63, 3.8) is 0 Å². The van der Waals surface area contributed by atoms with Crippen molar-refractivity contribution >= 4 is 0 Å². The summed E-state index contributed by atoms with van der Waals surface area (Å²) in [6.45, 7) is 4.83. The lowest BCUT2D eigenvalue weighted by Gasteiger charge is -2.23. The van der Waals surface area contributed by atoms with Crippen LogP contribution in [0.5, 0.6) is 0 Å². The molecule has 1 spiro atoms. The van der Waals surface area contributed by atoms with Crippen LogP contribution in [0.4, 0.5) is 0 Å². The van der Waals surface area contributed by atoms with Gasteiger partial charge in [-0.25, -0.2) is 0 Å². The van der Waals surface area contributed by atoms with E-state index in [1.807, 2.05) is 0 Å². The van der Waals surface area contributed by atoms with E-state index in [4.69, 9.17) is 0 Å². The monoisotopic (exact) mass is 152 g/mol. The molecule has 0 heteroatoms. The summed E-state index contributed by atoms with van der Waals surface area (Å²) in [4.78, 5) is 0. The third kappa shape index (κ3) is 1.32. The summed E-state index contributed by atoms with van der Waals surface area (Å²) >= 11 is 0. The molecule has 64 valence electrons. The zero-order valence-electron chi connectivity index (χ0n) is 7.95. The van der Waals surface area contributed by atoms with Gasteiger partial charge in [0.2, 0.25) is 0 Å². The first-order chi connectivity index (χ1) is 5.18. The highest BCUT2D eigenvalue weighted by atomic mass is 14.6. The van der Waals surface area contributed by atoms with Gasteiger partial charge in [0.15, 0.2) is 0 Å². The van der Waals surface area contributed by atoms with Gasteiger partial charge in [-0.1, -0.05) is 20.3 Å². The zero-order chi connectivity index (χ0) is 7.95. The SMILES string of the molecule is CCCC1(C)CCC2(CC2)C1. The van der Waals surface area contributed by atoms with E-state index in [0.29, 0.717) is 0 Å². The van der Waals surface area contributed by atoms with E-state index < -0.39 is 0 Å². The third-order valence-corrected chi connectivity index (χ3v) is 3.87. The fraction of sp³-hybridized carbons (Fsp3) is 1.00. The molecule has 0 saturated heterocycles. The van der Waals surface area contributed by atoms with Crippen molar-refractivity contribution in [3.05, 3.63) is 0 Å². The maximum Gasteiger partial charge on any atom is -0.0292 e. The second-order valence-electron chi connectivity index (χ2n) is 5.24. The Balaban J connectivity index is 1.96. The largest absolute Gasteiger partial charge is 0.0654 e. The van der Waals surface area contributed by atoms with Crippen LogP contribution >= 0.6 is 0 Å². The molecule has 2 saturated carbocycles. The van der Waals surface area contributed by atoms with Crippen molar-refractivity contribution in [3.8, 4) is 0 Å². The van der Waals surface area contributed by atoms with E-state index in [0.717, 1.165) is 10.8 Å². The van der Waals surface area contributed by atoms with Crippen molar-refractivity contribution in [2.45, 2.75) is 58.8 Å². The van der Waals surface area contributed by atoms with Crippen molar-refractivity contribution < 1.29 is 0 Å². The molecule has 0 nitrogen and oxygen atoms in total. The second kappa shape index (κ2) is 2.24. The molecule has 0 N–H and O–H groups in total. The molecule has 2 fully saturated rings. The quantitative estimate of drug-likeness (QED) is 0.565. The summed E-state index contributed by atoms with van der Waals surface area (Å²) in [5.74, 6) is 0. The van der Waals surface area contributed by atoms with E-state index >= 15 is 0 Å². The van der Waals surface area contributed by atoms with Gasteiger partial charge < -0.3 is 0 Å². The molecule has 0 aromatic rings. The molecule has 0 heterocycles. The molecule has 1 unspecified atom stereocenters. The lowest BCUT2D eigenvalue weighted by Crippen LogP contribution is -2.11. The number of hydrogen-bond acceptors (Lipinski definition) is 0. The average Bonchev–Trinajstić information content (AvgIpc) is 2.58. The Morgan fingerprint density at radius 1 is 1.09 bits per heavy atom. The van der Waals surface area contributed by atoms with Crippen molar-refractivity contribution in [2.24, 2.45) is 10.8 Å². The predicted octanol–water partition coefficient (Wildman–Crippen LogP) is 3.76. The van der Waals surface area contributed by atoms with Crippen LogP contribution in [0.15, 0.2) is 0 Å². The molecule has 2 aliphatic rings. The van der Waals surface area contributed by atoms with Crippen LogP contribution < -0.4 is 0 Å². The van der Waals surface area contributed by atoms with Gasteiger partial charge in [0.1, 0.15) is 0 Å². The van der Waals surface area contributed by atoms with Crippen LogP contribution in [0.1, 0.15) is 58.8 Å². The average molecular weight is 152 g/mol. The van der Waals surface area contributed by atoms with Crippen LogP contribution in [0.3, 0.4) is 0 Å². The first-order valence-electron chi connectivity index (χ1n) is 5.18. The van der Waals surface area contributed by atoms with Crippen LogP contribution in [-0.4, -0.2) is 0 Å². The van der Waals surface area contributed by atoms with E-state index in [1.165, 1.54) is 19.3 Å². The van der Waals surface area contributed by atoms with E-state index in [2.05, 4.69) is 13.8 Å². The van der Waals surface area contributed by atoms with Gasteiger partial charge in [-0.05, 0) is 49.4 Å². The molecule has 0 aromatic heterocycles. The Morgan fingerprint density at radius 3 is 2.18 bits per heavy atom. The fourth-order valence-corrected chi connectivity index (χ4v) is 3.07. The van der Waals surface area contributed by atoms with Gasteiger partial charge >= 0.3 is 0 Å². The van der Waals surface area contributed by atoms with Gasteiger partial charge in [-0.15, -0.1) is 0 Å². The topological polar surface area (TPSA) is 0 Å². The highest BCUT2D eigenvalue weighted by molar-refractivity contribution is 5.03. The maximum atomic E-state index is 2.50. The molecular formula is C11H20. The first kappa shape index (κ1) is 7.64. The van der Waals surface area contributed by atoms with E-state index in [1.54, 1.807) is 25.7 Å². The van der Waals surface area contributed by atoms with Gasteiger partial charge in [0.25, 0.3) is 0 Å². The lowest BCUT2D eigenvalue weighted by molar-refractivity contribution is 0.286. The molecule has 0 bridgehead atoms. The first-order valence-corrected chi connectivity index (χ1v) is 5.18. The smallest absolute Gasteiger partial charge is 0.0292 e. The standard InChI is InChI=1S/C11H20/c1-3-4-10(2)5-6-11(9-10)7-8-11/h3-9H2,1-2H3. The fourth-order valence-electron chi connectivity index (χ4n) is 3.07. The molecule has 0 amide bonds. The third-order valence-electron chi connectivity index (χ3n) is 3.87. The van der Waals surface area contributed by atoms with Crippen molar-refractivity contribution in [1.82, 2.24) is 0 Å². The van der Waals surface area contributed by atoms with Gasteiger partial charge in [-0.2, -0.15) is 0 Å². The molecule has 11 heavy (non-hydrogen) atoms. The van der Waals surface area contributed by atoms with E-state index in [9.17, 15) is 0 Å². The van der Waals surface area contributed by atoms with Crippen molar-refractivity contribution in [1.29, 1.82) is 0 Å². The van der Waals surface area contributed by atoms with Gasteiger partial charge in [0.05, 0.1) is 0 Å². The summed E-state index contributed by atoms with van der Waals surface area (Å²) in [6.07, 6.45) is 10.6. The molecule has 2 aliphatic carbocycles. The van der Waals surface area contributed by atoms with Crippen LogP contribution in [0, 0.1) is 10.8 Å². The van der Waals surface area contributed by atoms with Crippen LogP contribution in [-0.2, 0) is 0 Å². The molecular weight excluding hydrogens is 132 g/mol. The van der Waals surface area contributed by atoms with Crippen LogP contribution in [0.25, 0.3) is 0 Å². The molecule has 1 atom stereocenters. The number of hydrogen-bond donors (Lipinski definition) is 0. The minimum atomic E-state index is 0.741. The summed E-state index contributed by atoms with van der Waals surface area (Å²) in [6, 6.07) is 0. The summed E-state index contributed by atoms with van der Waals surface area (Å²) in [5.41, 5.74) is 1.62. The molecule has 2 rings (SSSR count). The normalized spacial score (nSPS) is 39.8. The number of rotatable bonds is 2. The van der Waals surface area contributed by atoms with E-state index in [-0.39, 0.29) is 0 Å². The Labute approximate surface area is 70.4 Å². The molecule has 0 radical (unpaired) electrons. The Kier molecular flexibility index (Phi) is 1.56. The van der Waals surface area contributed by atoms with Crippen LogP contribution in [0.2, 0.25) is 0 Å². The Hall–Kier alpha value is 0.